The lowest BCUT2D eigenvalue weighted by atomic mass is 9.60. The normalized spacial score (nSPS) is 31.3. The number of benzene rings is 1. The van der Waals surface area contributed by atoms with Crippen LogP contribution in [0, 0.1) is 0 Å². The number of phenolic OH excluding ortho intramolecular Hbond substituents is 1. The number of unbranched alkanes of at least 4 members (excludes halogenated alkanes) is 1. The van der Waals surface area contributed by atoms with Crippen molar-refractivity contribution in [2.75, 3.05) is 0 Å². The zero-order chi connectivity index (χ0) is 15.7. The molecule has 0 spiro atoms. The Balaban J connectivity index is 1.90. The van der Waals surface area contributed by atoms with Gasteiger partial charge in [-0.25, -0.2) is 0 Å². The highest BCUT2D eigenvalue weighted by Gasteiger charge is 2.39. The molecule has 0 saturated heterocycles. The van der Waals surface area contributed by atoms with Crippen LogP contribution in [0.2, 0.25) is 5.31 Å². The minimum atomic E-state index is -0.162. The monoisotopic (exact) mass is 298 g/mol. The minimum absolute atomic E-state index is 0.162. The molecule has 0 amide bonds. The van der Waals surface area contributed by atoms with Gasteiger partial charge in [0.15, 0.2) is 0 Å². The number of allylic oxidation sites excluding steroid dienone is 1. The van der Waals surface area contributed by atoms with Crippen LogP contribution in [0.25, 0.3) is 0 Å². The quantitative estimate of drug-likeness (QED) is 0.664. The van der Waals surface area contributed by atoms with E-state index in [4.69, 9.17) is 0 Å². The summed E-state index contributed by atoms with van der Waals surface area (Å²) in [5, 5.41) is 20.1. The predicted molar refractivity (Wildman–Crippen MR) is 93.2 cm³/mol. The second kappa shape index (κ2) is 6.12. The summed E-state index contributed by atoms with van der Waals surface area (Å²) in [5.74, 6) is 0.374. The van der Waals surface area contributed by atoms with Crippen LogP contribution in [0.1, 0.15) is 56.6 Å². The fraction of sp³-hybridized carbons (Fsp3) is 0.579. The van der Waals surface area contributed by atoms with Gasteiger partial charge < -0.3 is 10.2 Å². The van der Waals surface area contributed by atoms with Gasteiger partial charge in [0.2, 0.25) is 0 Å². The predicted octanol–water partition coefficient (Wildman–Crippen LogP) is 3.31. The van der Waals surface area contributed by atoms with E-state index in [0.717, 1.165) is 32.1 Å². The van der Waals surface area contributed by atoms with Gasteiger partial charge in [-0.1, -0.05) is 43.4 Å². The highest BCUT2D eigenvalue weighted by atomic mass is 16.3. The standard InChI is InChI=1S/C19H27BO2/c1-2-3-8-19(20)12-17(22)11-18(19)15-5-4-14-10-16(21)7-6-13(14)9-15/h6-7,10,17,21-22H,2-5,8-9,11-12,20H2,1H3/b18-15-/t17-,19+/m0/s1. The molecule has 1 saturated carbocycles. The largest absolute Gasteiger partial charge is 0.508 e. The van der Waals surface area contributed by atoms with E-state index < -0.39 is 0 Å². The molecule has 118 valence electrons. The number of aliphatic hydroxyl groups excluding tert-OH is 1. The second-order valence-electron chi connectivity index (χ2n) is 7.44. The second-order valence-corrected chi connectivity index (χ2v) is 7.44. The minimum Gasteiger partial charge on any atom is -0.508 e. The van der Waals surface area contributed by atoms with Gasteiger partial charge in [-0.2, -0.15) is 0 Å². The number of rotatable bonds is 3. The smallest absolute Gasteiger partial charge is 0.115 e. The van der Waals surface area contributed by atoms with Gasteiger partial charge in [-0.15, -0.1) is 0 Å². The lowest BCUT2D eigenvalue weighted by molar-refractivity contribution is 0.179. The molecule has 1 aromatic carbocycles. The number of aromatic hydroxyl groups is 1. The van der Waals surface area contributed by atoms with E-state index >= 15 is 0 Å². The molecule has 0 aliphatic heterocycles. The van der Waals surface area contributed by atoms with E-state index in [1.165, 1.54) is 36.0 Å². The zero-order valence-electron chi connectivity index (χ0n) is 13.9. The third-order valence-corrected chi connectivity index (χ3v) is 5.65. The van der Waals surface area contributed by atoms with Gasteiger partial charge in [0.25, 0.3) is 0 Å². The highest BCUT2D eigenvalue weighted by Crippen LogP contribution is 2.53. The molecule has 2 nitrogen and oxygen atoms in total. The Morgan fingerprint density at radius 2 is 2.09 bits per heavy atom. The lowest BCUT2D eigenvalue weighted by Gasteiger charge is -2.31. The Hall–Kier alpha value is -1.22. The van der Waals surface area contributed by atoms with Crippen LogP contribution in [0.15, 0.2) is 29.3 Å². The van der Waals surface area contributed by atoms with E-state index in [2.05, 4.69) is 20.8 Å². The molecule has 2 aliphatic rings. The number of aryl methyl sites for hydroxylation is 1. The molecule has 2 atom stereocenters. The van der Waals surface area contributed by atoms with Crippen LogP contribution >= 0.6 is 0 Å². The molecule has 0 heterocycles. The van der Waals surface area contributed by atoms with Gasteiger partial charge in [-0.05, 0) is 60.7 Å². The first-order valence-corrected chi connectivity index (χ1v) is 8.72. The summed E-state index contributed by atoms with van der Waals surface area (Å²) in [4.78, 5) is 0. The molecule has 3 rings (SSSR count). The summed E-state index contributed by atoms with van der Waals surface area (Å²) >= 11 is 0. The van der Waals surface area contributed by atoms with Crippen LogP contribution in [0.4, 0.5) is 0 Å². The molecule has 2 N–H and O–H groups in total. The molecular formula is C19H27BO2. The van der Waals surface area contributed by atoms with Crippen LogP contribution in [0.3, 0.4) is 0 Å². The first kappa shape index (κ1) is 15.7. The Morgan fingerprint density at radius 1 is 1.27 bits per heavy atom. The van der Waals surface area contributed by atoms with Gasteiger partial charge in [0, 0.05) is 0 Å². The third-order valence-electron chi connectivity index (χ3n) is 5.65. The fourth-order valence-corrected chi connectivity index (χ4v) is 4.47. The third kappa shape index (κ3) is 2.96. The Bertz CT molecular complexity index is 593. The summed E-state index contributed by atoms with van der Waals surface area (Å²) in [6.45, 7) is 2.24. The number of aliphatic hydroxyl groups is 1. The van der Waals surface area contributed by atoms with Crippen molar-refractivity contribution in [2.45, 2.75) is 69.7 Å². The maximum atomic E-state index is 10.2. The summed E-state index contributed by atoms with van der Waals surface area (Å²) in [7, 11) is 2.35. The maximum Gasteiger partial charge on any atom is 0.115 e. The highest BCUT2D eigenvalue weighted by molar-refractivity contribution is 6.18. The number of fused-ring (bicyclic) bond motifs is 1. The van der Waals surface area contributed by atoms with E-state index in [9.17, 15) is 10.2 Å². The summed E-state index contributed by atoms with van der Waals surface area (Å²) in [6.07, 6.45) is 8.38. The fourth-order valence-electron chi connectivity index (χ4n) is 4.47. The first-order chi connectivity index (χ1) is 10.5. The Morgan fingerprint density at radius 3 is 2.86 bits per heavy atom. The van der Waals surface area contributed by atoms with Crippen molar-refractivity contribution < 1.29 is 10.2 Å². The molecule has 0 unspecified atom stereocenters. The summed E-state index contributed by atoms with van der Waals surface area (Å²) in [6, 6.07) is 5.78. The SMILES string of the molecule is B[C@]1(CCCC)C[C@@H](O)C/C1=C1\CCc2cc(O)ccc2C1. The summed E-state index contributed by atoms with van der Waals surface area (Å²) in [5.41, 5.74) is 5.73. The van der Waals surface area contributed by atoms with E-state index in [1.54, 1.807) is 11.6 Å². The van der Waals surface area contributed by atoms with Crippen molar-refractivity contribution in [3.05, 3.63) is 40.5 Å². The van der Waals surface area contributed by atoms with E-state index in [0.29, 0.717) is 5.75 Å². The number of hydrogen-bond acceptors (Lipinski definition) is 2. The van der Waals surface area contributed by atoms with E-state index in [1.807, 2.05) is 6.07 Å². The zero-order valence-corrected chi connectivity index (χ0v) is 13.9. The average Bonchev–Trinajstić information content (AvgIpc) is 2.80. The number of hydrogen-bond donors (Lipinski definition) is 2. The van der Waals surface area contributed by atoms with Crippen LogP contribution in [-0.4, -0.2) is 24.2 Å². The average molecular weight is 298 g/mol. The van der Waals surface area contributed by atoms with Crippen molar-refractivity contribution in [3.63, 3.8) is 0 Å². The van der Waals surface area contributed by atoms with Gasteiger partial charge in [-0.3, -0.25) is 0 Å². The van der Waals surface area contributed by atoms with Crippen molar-refractivity contribution in [2.24, 2.45) is 0 Å². The first-order valence-electron chi connectivity index (χ1n) is 8.72. The van der Waals surface area contributed by atoms with Crippen LogP contribution in [-0.2, 0) is 12.8 Å². The van der Waals surface area contributed by atoms with Crippen molar-refractivity contribution in [1.29, 1.82) is 0 Å². The number of phenols is 1. The van der Waals surface area contributed by atoms with Crippen molar-refractivity contribution in [1.82, 2.24) is 0 Å². The van der Waals surface area contributed by atoms with Crippen molar-refractivity contribution in [3.8, 4) is 5.75 Å². The Kier molecular flexibility index (Phi) is 4.36. The molecule has 0 radical (unpaired) electrons. The van der Waals surface area contributed by atoms with Crippen LogP contribution in [0.5, 0.6) is 5.75 Å². The molecular weight excluding hydrogens is 271 g/mol. The molecule has 3 heteroatoms. The molecule has 1 fully saturated rings. The van der Waals surface area contributed by atoms with Gasteiger partial charge >= 0.3 is 0 Å². The molecule has 22 heavy (non-hydrogen) atoms. The lowest BCUT2D eigenvalue weighted by Crippen LogP contribution is -2.16. The van der Waals surface area contributed by atoms with Crippen LogP contribution < -0.4 is 0 Å². The molecule has 0 bridgehead atoms. The topological polar surface area (TPSA) is 40.5 Å². The summed E-state index contributed by atoms with van der Waals surface area (Å²) < 4.78 is 0. The van der Waals surface area contributed by atoms with Gasteiger partial charge in [0.05, 0.1) is 6.10 Å². The molecule has 2 aliphatic carbocycles. The van der Waals surface area contributed by atoms with Crippen molar-refractivity contribution >= 4 is 7.85 Å². The maximum absolute atomic E-state index is 10.2. The Labute approximate surface area is 134 Å². The molecule has 1 aromatic rings. The molecule has 0 aromatic heterocycles. The van der Waals surface area contributed by atoms with E-state index in [-0.39, 0.29) is 11.4 Å². The van der Waals surface area contributed by atoms with Gasteiger partial charge in [0.1, 0.15) is 13.6 Å².